The van der Waals surface area contributed by atoms with Gasteiger partial charge >= 0.3 is 0 Å². The molecule has 1 aliphatic rings. The van der Waals surface area contributed by atoms with Crippen molar-refractivity contribution in [2.45, 2.75) is 36.4 Å². The highest BCUT2D eigenvalue weighted by Crippen LogP contribution is 2.36. The quantitative estimate of drug-likeness (QED) is 0.715. The molecule has 1 heterocycles. The van der Waals surface area contributed by atoms with Gasteiger partial charge in [0.2, 0.25) is 0 Å². The molecule has 24 heavy (non-hydrogen) atoms. The highest BCUT2D eigenvalue weighted by molar-refractivity contribution is 8.00. The summed E-state index contributed by atoms with van der Waals surface area (Å²) in [5.74, 6) is 0. The Morgan fingerprint density at radius 1 is 0.917 bits per heavy atom. The molecule has 128 valence electrons. The van der Waals surface area contributed by atoms with Crippen LogP contribution in [-0.4, -0.2) is 30.5 Å². The standard InChI is InChI=1S/C20H24O3S/c1-21-20-19(23-14-17-10-6-3-7-11-17)12-18(24-20)15-22-13-16-8-4-2-5-9-16/h2-11,18-20H,12-15H2,1H3. The molecule has 3 unspecified atom stereocenters. The van der Waals surface area contributed by atoms with Crippen LogP contribution in [0.5, 0.6) is 0 Å². The van der Waals surface area contributed by atoms with Gasteiger partial charge in [-0.3, -0.25) is 0 Å². The van der Waals surface area contributed by atoms with Gasteiger partial charge in [0.05, 0.1) is 25.9 Å². The lowest BCUT2D eigenvalue weighted by Gasteiger charge is -2.17. The van der Waals surface area contributed by atoms with Gasteiger partial charge in [0.1, 0.15) is 5.44 Å². The molecule has 0 amide bonds. The van der Waals surface area contributed by atoms with Crippen molar-refractivity contribution in [1.82, 2.24) is 0 Å². The summed E-state index contributed by atoms with van der Waals surface area (Å²) in [7, 11) is 1.75. The smallest absolute Gasteiger partial charge is 0.129 e. The van der Waals surface area contributed by atoms with Crippen molar-refractivity contribution < 1.29 is 14.2 Å². The minimum absolute atomic E-state index is 0.0824. The average Bonchev–Trinajstić information content (AvgIpc) is 3.04. The van der Waals surface area contributed by atoms with E-state index < -0.39 is 0 Å². The Hall–Kier alpha value is -1.33. The Labute approximate surface area is 148 Å². The molecular weight excluding hydrogens is 320 g/mol. The number of rotatable bonds is 8. The molecule has 1 aliphatic heterocycles. The fourth-order valence-electron chi connectivity index (χ4n) is 2.82. The van der Waals surface area contributed by atoms with E-state index in [9.17, 15) is 0 Å². The molecule has 0 aliphatic carbocycles. The van der Waals surface area contributed by atoms with Gasteiger partial charge < -0.3 is 14.2 Å². The zero-order valence-electron chi connectivity index (χ0n) is 14.0. The van der Waals surface area contributed by atoms with Crippen LogP contribution < -0.4 is 0 Å². The van der Waals surface area contributed by atoms with Crippen LogP contribution >= 0.6 is 11.8 Å². The van der Waals surface area contributed by atoms with E-state index in [1.807, 2.05) is 48.2 Å². The van der Waals surface area contributed by atoms with E-state index in [-0.39, 0.29) is 11.5 Å². The van der Waals surface area contributed by atoms with Gasteiger partial charge in [-0.1, -0.05) is 60.7 Å². The maximum atomic E-state index is 6.09. The molecule has 0 bridgehead atoms. The second-order valence-corrected chi connectivity index (χ2v) is 7.34. The number of hydrogen-bond donors (Lipinski definition) is 0. The topological polar surface area (TPSA) is 27.7 Å². The first kappa shape index (κ1) is 17.5. The van der Waals surface area contributed by atoms with Gasteiger partial charge in [0.15, 0.2) is 0 Å². The Morgan fingerprint density at radius 3 is 2.17 bits per heavy atom. The third-order valence-electron chi connectivity index (χ3n) is 4.08. The van der Waals surface area contributed by atoms with Gasteiger partial charge in [-0.25, -0.2) is 0 Å². The first-order valence-corrected chi connectivity index (χ1v) is 9.25. The Balaban J connectivity index is 1.43. The van der Waals surface area contributed by atoms with Crippen LogP contribution in [0, 0.1) is 0 Å². The van der Waals surface area contributed by atoms with Crippen LogP contribution in [0.2, 0.25) is 0 Å². The van der Waals surface area contributed by atoms with Crippen molar-refractivity contribution in [3.05, 3.63) is 71.8 Å². The molecule has 1 fully saturated rings. The van der Waals surface area contributed by atoms with E-state index in [4.69, 9.17) is 14.2 Å². The summed E-state index contributed by atoms with van der Waals surface area (Å²) in [6.45, 7) is 2.01. The van der Waals surface area contributed by atoms with Gasteiger partial charge in [-0.15, -0.1) is 11.8 Å². The summed E-state index contributed by atoms with van der Waals surface area (Å²) in [5.41, 5.74) is 2.49. The number of methoxy groups -OCH3 is 1. The van der Waals surface area contributed by atoms with Crippen LogP contribution in [0.15, 0.2) is 60.7 Å². The number of ether oxygens (including phenoxy) is 3. The number of hydrogen-bond acceptors (Lipinski definition) is 4. The Morgan fingerprint density at radius 2 is 1.54 bits per heavy atom. The zero-order valence-corrected chi connectivity index (χ0v) is 14.8. The molecule has 3 rings (SSSR count). The Bertz CT molecular complexity index is 590. The van der Waals surface area contributed by atoms with Crippen molar-refractivity contribution in [3.63, 3.8) is 0 Å². The number of benzene rings is 2. The van der Waals surface area contributed by atoms with Crippen LogP contribution in [0.1, 0.15) is 17.5 Å². The van der Waals surface area contributed by atoms with Crippen molar-refractivity contribution in [3.8, 4) is 0 Å². The second kappa shape index (κ2) is 9.23. The highest BCUT2D eigenvalue weighted by Gasteiger charge is 2.36. The molecule has 0 N–H and O–H groups in total. The summed E-state index contributed by atoms with van der Waals surface area (Å²) in [4.78, 5) is 0. The van der Waals surface area contributed by atoms with E-state index >= 15 is 0 Å². The monoisotopic (exact) mass is 344 g/mol. The fraction of sp³-hybridized carbons (Fsp3) is 0.400. The first-order valence-electron chi connectivity index (χ1n) is 8.30. The molecule has 2 aromatic rings. The lowest BCUT2D eigenvalue weighted by Crippen LogP contribution is -2.23. The minimum Gasteiger partial charge on any atom is -0.376 e. The zero-order chi connectivity index (χ0) is 16.6. The van der Waals surface area contributed by atoms with Crippen LogP contribution in [0.25, 0.3) is 0 Å². The van der Waals surface area contributed by atoms with E-state index in [0.717, 1.165) is 13.0 Å². The summed E-state index contributed by atoms with van der Waals surface area (Å²) < 4.78 is 17.6. The number of thioether (sulfide) groups is 1. The fourth-order valence-corrected chi connectivity index (χ4v) is 4.16. The van der Waals surface area contributed by atoms with E-state index in [1.165, 1.54) is 11.1 Å². The Kier molecular flexibility index (Phi) is 6.73. The summed E-state index contributed by atoms with van der Waals surface area (Å²) >= 11 is 1.82. The van der Waals surface area contributed by atoms with Crippen molar-refractivity contribution >= 4 is 11.8 Å². The normalized spacial score (nSPS) is 23.5. The highest BCUT2D eigenvalue weighted by atomic mass is 32.2. The van der Waals surface area contributed by atoms with Crippen LogP contribution in [0.3, 0.4) is 0 Å². The molecule has 3 nitrogen and oxygen atoms in total. The van der Waals surface area contributed by atoms with E-state index in [2.05, 4.69) is 24.3 Å². The summed E-state index contributed by atoms with van der Waals surface area (Å²) in [6, 6.07) is 20.5. The predicted molar refractivity (Wildman–Crippen MR) is 97.9 cm³/mol. The molecule has 2 aromatic carbocycles. The first-order chi connectivity index (χ1) is 11.8. The maximum absolute atomic E-state index is 6.09. The molecule has 0 radical (unpaired) electrons. The molecule has 0 saturated carbocycles. The van der Waals surface area contributed by atoms with Gasteiger partial charge in [0, 0.05) is 12.4 Å². The summed E-state index contributed by atoms with van der Waals surface area (Å²) in [5, 5.41) is 0.416. The molecule has 0 aromatic heterocycles. The lowest BCUT2D eigenvalue weighted by molar-refractivity contribution is -0.0250. The SMILES string of the molecule is COC1SC(COCc2ccccc2)CC1OCc1ccccc1. The second-order valence-electron chi connectivity index (χ2n) is 5.93. The maximum Gasteiger partial charge on any atom is 0.129 e. The molecule has 4 heteroatoms. The van der Waals surface area contributed by atoms with Gasteiger partial charge in [0.25, 0.3) is 0 Å². The van der Waals surface area contributed by atoms with E-state index in [1.54, 1.807) is 7.11 Å². The van der Waals surface area contributed by atoms with Crippen LogP contribution in [0.4, 0.5) is 0 Å². The van der Waals surface area contributed by atoms with Gasteiger partial charge in [-0.05, 0) is 17.5 Å². The average molecular weight is 344 g/mol. The van der Waals surface area contributed by atoms with Crippen molar-refractivity contribution in [2.24, 2.45) is 0 Å². The third kappa shape index (κ3) is 5.08. The molecule has 1 saturated heterocycles. The van der Waals surface area contributed by atoms with Crippen molar-refractivity contribution in [2.75, 3.05) is 13.7 Å². The minimum atomic E-state index is 0.0824. The summed E-state index contributed by atoms with van der Waals surface area (Å²) in [6.07, 6.45) is 1.08. The third-order valence-corrected chi connectivity index (χ3v) is 5.56. The molecular formula is C20H24O3S. The van der Waals surface area contributed by atoms with Crippen molar-refractivity contribution in [1.29, 1.82) is 0 Å². The largest absolute Gasteiger partial charge is 0.376 e. The van der Waals surface area contributed by atoms with E-state index in [0.29, 0.717) is 18.5 Å². The predicted octanol–water partition coefficient (Wildman–Crippen LogP) is 4.27. The van der Waals surface area contributed by atoms with Gasteiger partial charge in [-0.2, -0.15) is 0 Å². The molecule has 0 spiro atoms. The van der Waals surface area contributed by atoms with Crippen LogP contribution in [-0.2, 0) is 27.4 Å². The lowest BCUT2D eigenvalue weighted by atomic mass is 10.2. The molecule has 3 atom stereocenters.